The minimum Gasteiger partial charge on any atom is -0.406 e. The van der Waals surface area contributed by atoms with Gasteiger partial charge in [0.15, 0.2) is 0 Å². The van der Waals surface area contributed by atoms with Gasteiger partial charge in [-0.1, -0.05) is 12.1 Å². The zero-order valence-corrected chi connectivity index (χ0v) is 12.3. The van der Waals surface area contributed by atoms with Crippen LogP contribution >= 0.6 is 0 Å². The summed E-state index contributed by atoms with van der Waals surface area (Å²) < 4.78 is 40.0. The molecular weight excluding hydrogens is 297 g/mol. The molecule has 1 aromatic carbocycles. The van der Waals surface area contributed by atoms with Crippen molar-refractivity contribution in [3.63, 3.8) is 0 Å². The van der Waals surface area contributed by atoms with Gasteiger partial charge < -0.3 is 15.4 Å². The van der Waals surface area contributed by atoms with Crippen LogP contribution in [0.2, 0.25) is 0 Å². The van der Waals surface area contributed by atoms with Gasteiger partial charge in [0.25, 0.3) is 0 Å². The van der Waals surface area contributed by atoms with E-state index >= 15 is 0 Å². The average molecular weight is 316 g/mol. The van der Waals surface area contributed by atoms with Crippen LogP contribution in [0.5, 0.6) is 5.75 Å². The molecule has 1 aliphatic heterocycles. The highest BCUT2D eigenvalue weighted by Crippen LogP contribution is 2.25. The fraction of sp³-hybridized carbons (Fsp3) is 0.533. The molecule has 2 unspecified atom stereocenters. The molecule has 1 fully saturated rings. The molecule has 0 saturated carbocycles. The van der Waals surface area contributed by atoms with Gasteiger partial charge in [0.2, 0.25) is 5.91 Å². The number of alkyl halides is 3. The minimum absolute atomic E-state index is 0.0343. The van der Waals surface area contributed by atoms with Crippen molar-refractivity contribution in [2.24, 2.45) is 11.7 Å². The first-order valence-corrected chi connectivity index (χ1v) is 7.12. The van der Waals surface area contributed by atoms with Gasteiger partial charge in [0.05, 0.1) is 6.42 Å². The van der Waals surface area contributed by atoms with Crippen molar-refractivity contribution < 1.29 is 22.7 Å². The number of halogens is 3. The van der Waals surface area contributed by atoms with Gasteiger partial charge in [-0.2, -0.15) is 0 Å². The van der Waals surface area contributed by atoms with Crippen LogP contribution in [-0.4, -0.2) is 36.3 Å². The van der Waals surface area contributed by atoms with Gasteiger partial charge in [0.1, 0.15) is 5.75 Å². The van der Waals surface area contributed by atoms with Crippen molar-refractivity contribution in [3.8, 4) is 5.75 Å². The van der Waals surface area contributed by atoms with Gasteiger partial charge in [-0.05, 0) is 43.5 Å². The molecule has 0 spiro atoms. The van der Waals surface area contributed by atoms with E-state index in [0.717, 1.165) is 6.42 Å². The van der Waals surface area contributed by atoms with Crippen LogP contribution in [0, 0.1) is 5.92 Å². The molecule has 2 atom stereocenters. The molecule has 22 heavy (non-hydrogen) atoms. The van der Waals surface area contributed by atoms with Crippen molar-refractivity contribution in [1.29, 1.82) is 0 Å². The molecule has 0 bridgehead atoms. The minimum atomic E-state index is -4.71. The summed E-state index contributed by atoms with van der Waals surface area (Å²) in [5.41, 5.74) is 6.29. The Hall–Kier alpha value is -1.76. The van der Waals surface area contributed by atoms with E-state index in [1.165, 1.54) is 24.3 Å². The molecule has 2 rings (SSSR count). The summed E-state index contributed by atoms with van der Waals surface area (Å²) >= 11 is 0. The van der Waals surface area contributed by atoms with Gasteiger partial charge in [-0.15, -0.1) is 13.2 Å². The lowest BCUT2D eigenvalue weighted by atomic mass is 10.1. The van der Waals surface area contributed by atoms with E-state index in [9.17, 15) is 18.0 Å². The van der Waals surface area contributed by atoms with Crippen molar-refractivity contribution in [3.05, 3.63) is 29.8 Å². The number of hydrogen-bond donors (Lipinski definition) is 1. The van der Waals surface area contributed by atoms with E-state index < -0.39 is 6.36 Å². The number of benzene rings is 1. The third kappa shape index (κ3) is 4.37. The summed E-state index contributed by atoms with van der Waals surface area (Å²) in [5.74, 6) is -0.00381. The predicted octanol–water partition coefficient (Wildman–Crippen LogP) is 2.32. The average Bonchev–Trinajstić information content (AvgIpc) is 2.81. The number of likely N-dealkylation sites (tertiary alicyclic amines) is 1. The Labute approximate surface area is 127 Å². The number of amides is 1. The standard InChI is InChI=1S/C15H19F3N2O2/c1-10-6-12(8-19)9-20(10)14(21)7-11-2-4-13(5-3-11)22-15(16,17)18/h2-5,10,12H,6-9,19H2,1H3. The Morgan fingerprint density at radius 1 is 1.36 bits per heavy atom. The number of carbonyl (C=O) groups is 1. The number of carbonyl (C=O) groups excluding carboxylic acids is 1. The van der Waals surface area contributed by atoms with Crippen LogP contribution in [0.3, 0.4) is 0 Å². The molecule has 1 aromatic rings. The molecule has 1 aliphatic rings. The SMILES string of the molecule is CC1CC(CN)CN1C(=O)Cc1ccc(OC(F)(F)F)cc1. The van der Waals surface area contributed by atoms with Gasteiger partial charge in [-0.3, -0.25) is 4.79 Å². The molecule has 1 amide bonds. The first-order valence-electron chi connectivity index (χ1n) is 7.12. The fourth-order valence-corrected chi connectivity index (χ4v) is 2.75. The number of nitrogens with zero attached hydrogens (tertiary/aromatic N) is 1. The normalized spacial score (nSPS) is 22.0. The maximum Gasteiger partial charge on any atom is 0.573 e. The first kappa shape index (κ1) is 16.6. The Balaban J connectivity index is 1.95. The summed E-state index contributed by atoms with van der Waals surface area (Å²) in [6, 6.07) is 5.52. The largest absolute Gasteiger partial charge is 0.573 e. The van der Waals surface area contributed by atoms with E-state index in [2.05, 4.69) is 4.74 Å². The summed E-state index contributed by atoms with van der Waals surface area (Å²) in [7, 11) is 0. The zero-order chi connectivity index (χ0) is 16.3. The van der Waals surface area contributed by atoms with E-state index in [1.54, 1.807) is 4.90 Å². The van der Waals surface area contributed by atoms with Crippen LogP contribution in [0.25, 0.3) is 0 Å². The van der Waals surface area contributed by atoms with Gasteiger partial charge in [0, 0.05) is 12.6 Å². The van der Waals surface area contributed by atoms with Gasteiger partial charge >= 0.3 is 6.36 Å². The molecule has 122 valence electrons. The topological polar surface area (TPSA) is 55.6 Å². The molecule has 7 heteroatoms. The molecule has 0 radical (unpaired) electrons. The Bertz CT molecular complexity index is 517. The zero-order valence-electron chi connectivity index (χ0n) is 12.3. The molecule has 1 heterocycles. The maximum atomic E-state index is 12.3. The van der Waals surface area contributed by atoms with E-state index in [4.69, 9.17) is 5.73 Å². The van der Waals surface area contributed by atoms with Crippen LogP contribution in [0.4, 0.5) is 13.2 Å². The second-order valence-corrected chi connectivity index (χ2v) is 5.60. The Kier molecular flexibility index (Phi) is 4.95. The highest BCUT2D eigenvalue weighted by Gasteiger charge is 2.32. The lowest BCUT2D eigenvalue weighted by molar-refractivity contribution is -0.274. The summed E-state index contributed by atoms with van der Waals surface area (Å²) in [6.07, 6.45) is -3.66. The smallest absolute Gasteiger partial charge is 0.406 e. The number of hydrogen-bond acceptors (Lipinski definition) is 3. The molecule has 0 aliphatic carbocycles. The van der Waals surface area contributed by atoms with E-state index in [1.807, 2.05) is 6.92 Å². The van der Waals surface area contributed by atoms with Crippen LogP contribution in [0.15, 0.2) is 24.3 Å². The quantitative estimate of drug-likeness (QED) is 0.927. The van der Waals surface area contributed by atoms with Crippen molar-refractivity contribution in [2.75, 3.05) is 13.1 Å². The molecule has 1 saturated heterocycles. The maximum absolute atomic E-state index is 12.3. The summed E-state index contributed by atoms with van der Waals surface area (Å²) in [4.78, 5) is 14.1. The Morgan fingerprint density at radius 3 is 2.50 bits per heavy atom. The fourth-order valence-electron chi connectivity index (χ4n) is 2.75. The van der Waals surface area contributed by atoms with Crippen LogP contribution in [0.1, 0.15) is 18.9 Å². The summed E-state index contributed by atoms with van der Waals surface area (Å²) in [5, 5.41) is 0. The van der Waals surface area contributed by atoms with E-state index in [-0.39, 0.29) is 24.1 Å². The van der Waals surface area contributed by atoms with Crippen LogP contribution < -0.4 is 10.5 Å². The molecule has 2 N–H and O–H groups in total. The summed E-state index contributed by atoms with van der Waals surface area (Å²) in [6.45, 7) is 3.18. The highest BCUT2D eigenvalue weighted by atomic mass is 19.4. The monoisotopic (exact) mass is 316 g/mol. The molecule has 0 aromatic heterocycles. The highest BCUT2D eigenvalue weighted by molar-refractivity contribution is 5.79. The Morgan fingerprint density at radius 2 is 2.00 bits per heavy atom. The molecule has 4 nitrogen and oxygen atoms in total. The third-order valence-corrected chi connectivity index (χ3v) is 3.83. The predicted molar refractivity (Wildman–Crippen MR) is 75.2 cm³/mol. The van der Waals surface area contributed by atoms with Crippen molar-refractivity contribution in [2.45, 2.75) is 32.2 Å². The van der Waals surface area contributed by atoms with Gasteiger partial charge in [-0.25, -0.2) is 0 Å². The lowest BCUT2D eigenvalue weighted by Crippen LogP contribution is -2.35. The van der Waals surface area contributed by atoms with Crippen LogP contribution in [-0.2, 0) is 11.2 Å². The second kappa shape index (κ2) is 6.56. The number of rotatable bonds is 4. The number of nitrogens with two attached hydrogens (primary N) is 1. The van der Waals surface area contributed by atoms with E-state index in [0.29, 0.717) is 24.6 Å². The van der Waals surface area contributed by atoms with Crippen molar-refractivity contribution >= 4 is 5.91 Å². The first-order chi connectivity index (χ1) is 10.3. The molecular formula is C15H19F3N2O2. The third-order valence-electron chi connectivity index (χ3n) is 3.83. The number of ether oxygens (including phenoxy) is 1. The van der Waals surface area contributed by atoms with Crippen molar-refractivity contribution in [1.82, 2.24) is 4.90 Å². The lowest BCUT2D eigenvalue weighted by Gasteiger charge is -2.21. The second-order valence-electron chi connectivity index (χ2n) is 5.60.